The molecule has 1 aromatic carbocycles. The lowest BCUT2D eigenvalue weighted by Gasteiger charge is -2.30. The number of morpholine rings is 1. The Bertz CT molecular complexity index is 776. The predicted molar refractivity (Wildman–Crippen MR) is 113 cm³/mol. The Kier molecular flexibility index (Phi) is 7.44. The monoisotopic (exact) mass is 417 g/mol. The number of rotatable bonds is 7. The van der Waals surface area contributed by atoms with Crippen LogP contribution in [0.3, 0.4) is 0 Å². The molecular formula is C22H31N3O5. The van der Waals surface area contributed by atoms with Gasteiger partial charge in [0.1, 0.15) is 18.7 Å². The number of hydrogen-bond acceptors (Lipinski definition) is 6. The van der Waals surface area contributed by atoms with E-state index in [1.807, 2.05) is 32.0 Å². The summed E-state index contributed by atoms with van der Waals surface area (Å²) in [4.78, 5) is 41.6. The van der Waals surface area contributed by atoms with Gasteiger partial charge in [-0.05, 0) is 30.5 Å². The third kappa shape index (κ3) is 5.37. The Morgan fingerprint density at radius 2 is 1.97 bits per heavy atom. The predicted octanol–water partition coefficient (Wildman–Crippen LogP) is 1.09. The van der Waals surface area contributed by atoms with E-state index in [2.05, 4.69) is 10.2 Å². The van der Waals surface area contributed by atoms with Gasteiger partial charge in [0.2, 0.25) is 5.91 Å². The average molecular weight is 418 g/mol. The number of nitrogens with one attached hydrogen (secondary N) is 1. The highest BCUT2D eigenvalue weighted by atomic mass is 16.5. The summed E-state index contributed by atoms with van der Waals surface area (Å²) in [6.45, 7) is 7.10. The number of ketones is 1. The number of amides is 2. The van der Waals surface area contributed by atoms with E-state index in [0.717, 1.165) is 18.8 Å². The molecule has 0 bridgehead atoms. The minimum atomic E-state index is -0.706. The highest BCUT2D eigenvalue weighted by Crippen LogP contribution is 2.19. The number of ether oxygens (including phenoxy) is 2. The molecule has 2 aliphatic heterocycles. The van der Waals surface area contributed by atoms with Crippen LogP contribution in [0.5, 0.6) is 0 Å². The maximum absolute atomic E-state index is 13.1. The molecule has 8 nitrogen and oxygen atoms in total. The number of benzene rings is 1. The zero-order valence-electron chi connectivity index (χ0n) is 17.9. The summed E-state index contributed by atoms with van der Waals surface area (Å²) in [6, 6.07) is 6.11. The highest BCUT2D eigenvalue weighted by molar-refractivity contribution is 5.99. The van der Waals surface area contributed by atoms with E-state index in [1.165, 1.54) is 4.90 Å². The number of anilines is 1. The maximum atomic E-state index is 13.1. The third-order valence-electron chi connectivity index (χ3n) is 5.50. The van der Waals surface area contributed by atoms with Crippen LogP contribution in [0.2, 0.25) is 0 Å². The topological polar surface area (TPSA) is 88.2 Å². The maximum Gasteiger partial charge on any atom is 0.252 e. The van der Waals surface area contributed by atoms with Crippen molar-refractivity contribution in [1.29, 1.82) is 0 Å². The van der Waals surface area contributed by atoms with Gasteiger partial charge in [0, 0.05) is 31.4 Å². The molecule has 0 radical (unpaired) electrons. The number of likely N-dealkylation sites (N-methyl/N-ethyl adjacent to an activating group) is 1. The van der Waals surface area contributed by atoms with E-state index in [1.54, 1.807) is 13.1 Å². The zero-order valence-corrected chi connectivity index (χ0v) is 17.9. The molecule has 2 atom stereocenters. The highest BCUT2D eigenvalue weighted by Gasteiger charge is 2.35. The van der Waals surface area contributed by atoms with Crippen LogP contribution in [-0.4, -0.2) is 81.1 Å². The molecule has 30 heavy (non-hydrogen) atoms. The minimum Gasteiger partial charge on any atom is -0.378 e. The van der Waals surface area contributed by atoms with E-state index < -0.39 is 12.1 Å². The van der Waals surface area contributed by atoms with Gasteiger partial charge < -0.3 is 24.6 Å². The minimum absolute atomic E-state index is 0.0256. The average Bonchev–Trinajstić information content (AvgIpc) is 3.18. The second-order valence-corrected chi connectivity index (χ2v) is 8.25. The summed E-state index contributed by atoms with van der Waals surface area (Å²) >= 11 is 0. The summed E-state index contributed by atoms with van der Waals surface area (Å²) in [5.41, 5.74) is 1.46. The van der Waals surface area contributed by atoms with Crippen molar-refractivity contribution in [2.75, 3.05) is 51.5 Å². The van der Waals surface area contributed by atoms with Crippen molar-refractivity contribution in [1.82, 2.24) is 10.2 Å². The van der Waals surface area contributed by atoms with Gasteiger partial charge in [-0.3, -0.25) is 14.4 Å². The Balaban J connectivity index is 1.72. The molecular weight excluding hydrogens is 386 g/mol. The van der Waals surface area contributed by atoms with E-state index in [-0.39, 0.29) is 36.7 Å². The fourth-order valence-electron chi connectivity index (χ4n) is 3.79. The van der Waals surface area contributed by atoms with Crippen molar-refractivity contribution in [3.05, 3.63) is 29.8 Å². The number of hydrogen-bond donors (Lipinski definition) is 1. The quantitative estimate of drug-likeness (QED) is 0.715. The molecule has 8 heteroatoms. The fraction of sp³-hybridized carbons (Fsp3) is 0.591. The number of carbonyl (C=O) groups excluding carboxylic acids is 3. The van der Waals surface area contributed by atoms with Crippen molar-refractivity contribution in [3.63, 3.8) is 0 Å². The molecule has 3 rings (SSSR count). The SMILES string of the molecule is CC(C)CC(NC(=O)c1cccc(N2CCOCC2)c1)C(=O)N(C)C1COCC1=O. The van der Waals surface area contributed by atoms with Gasteiger partial charge in [-0.15, -0.1) is 0 Å². The molecule has 1 aromatic rings. The summed E-state index contributed by atoms with van der Waals surface area (Å²) in [7, 11) is 1.60. The van der Waals surface area contributed by atoms with Gasteiger partial charge in [0.15, 0.2) is 5.78 Å². The molecule has 2 fully saturated rings. The lowest BCUT2D eigenvalue weighted by atomic mass is 10.0. The number of nitrogens with zero attached hydrogens (tertiary/aromatic N) is 2. The summed E-state index contributed by atoms with van der Waals surface area (Å²) in [6.07, 6.45) is 0.486. The molecule has 0 saturated carbocycles. The Morgan fingerprint density at radius 1 is 1.23 bits per heavy atom. The van der Waals surface area contributed by atoms with Gasteiger partial charge >= 0.3 is 0 Å². The number of Topliss-reactive ketones (excluding diaryl/α,β-unsaturated/α-hetero) is 1. The van der Waals surface area contributed by atoms with Gasteiger partial charge in [-0.1, -0.05) is 19.9 Å². The molecule has 0 aliphatic carbocycles. The second-order valence-electron chi connectivity index (χ2n) is 8.25. The molecule has 2 amide bonds. The van der Waals surface area contributed by atoms with Gasteiger partial charge in [-0.25, -0.2) is 0 Å². The van der Waals surface area contributed by atoms with Crippen LogP contribution in [-0.2, 0) is 19.1 Å². The lowest BCUT2D eigenvalue weighted by molar-refractivity contribution is -0.138. The van der Waals surface area contributed by atoms with E-state index >= 15 is 0 Å². The first-order valence-electron chi connectivity index (χ1n) is 10.5. The molecule has 1 N–H and O–H groups in total. The van der Waals surface area contributed by atoms with Gasteiger partial charge in [0.25, 0.3) is 5.91 Å². The lowest BCUT2D eigenvalue weighted by Crippen LogP contribution is -2.52. The van der Waals surface area contributed by atoms with Crippen LogP contribution in [0, 0.1) is 5.92 Å². The van der Waals surface area contributed by atoms with Crippen molar-refractivity contribution < 1.29 is 23.9 Å². The van der Waals surface area contributed by atoms with Crippen LogP contribution >= 0.6 is 0 Å². The first-order valence-corrected chi connectivity index (χ1v) is 10.5. The molecule has 2 unspecified atom stereocenters. The van der Waals surface area contributed by atoms with Gasteiger partial charge in [-0.2, -0.15) is 0 Å². The van der Waals surface area contributed by atoms with Gasteiger partial charge in [0.05, 0.1) is 19.8 Å². The van der Waals surface area contributed by atoms with E-state index in [9.17, 15) is 14.4 Å². The molecule has 164 valence electrons. The Morgan fingerprint density at radius 3 is 2.60 bits per heavy atom. The molecule has 2 aliphatic rings. The first-order chi connectivity index (χ1) is 14.4. The van der Waals surface area contributed by atoms with Crippen molar-refractivity contribution in [3.8, 4) is 0 Å². The van der Waals surface area contributed by atoms with Crippen LogP contribution in [0.15, 0.2) is 24.3 Å². The van der Waals surface area contributed by atoms with E-state index in [0.29, 0.717) is 25.2 Å². The fourth-order valence-corrected chi connectivity index (χ4v) is 3.79. The summed E-state index contributed by atoms with van der Waals surface area (Å²) < 4.78 is 10.6. The summed E-state index contributed by atoms with van der Waals surface area (Å²) in [5.74, 6) is -0.488. The number of carbonyl (C=O) groups is 3. The summed E-state index contributed by atoms with van der Waals surface area (Å²) in [5, 5.41) is 2.89. The standard InChI is InChI=1S/C22H31N3O5/c1-15(2)11-18(22(28)24(3)19-13-30-14-20(19)26)23-21(27)16-5-4-6-17(12-16)25-7-9-29-10-8-25/h4-6,12,15,18-19H,7-11,13-14H2,1-3H3,(H,23,27). The van der Waals surface area contributed by atoms with Crippen molar-refractivity contribution in [2.24, 2.45) is 5.92 Å². The van der Waals surface area contributed by atoms with Crippen molar-refractivity contribution >= 4 is 23.3 Å². The molecule has 2 saturated heterocycles. The van der Waals surface area contributed by atoms with Crippen LogP contribution in [0.25, 0.3) is 0 Å². The third-order valence-corrected chi connectivity index (χ3v) is 5.50. The second kappa shape index (κ2) is 10.0. The first kappa shape index (κ1) is 22.2. The molecule has 2 heterocycles. The Labute approximate surface area is 177 Å². The smallest absolute Gasteiger partial charge is 0.252 e. The van der Waals surface area contributed by atoms with E-state index in [4.69, 9.17) is 9.47 Å². The zero-order chi connectivity index (χ0) is 21.7. The van der Waals surface area contributed by atoms with Crippen LogP contribution in [0.1, 0.15) is 30.6 Å². The van der Waals surface area contributed by atoms with Crippen LogP contribution in [0.4, 0.5) is 5.69 Å². The van der Waals surface area contributed by atoms with Crippen molar-refractivity contribution in [2.45, 2.75) is 32.4 Å². The molecule has 0 aromatic heterocycles. The normalized spacial score (nSPS) is 20.3. The van der Waals surface area contributed by atoms with Crippen LogP contribution < -0.4 is 10.2 Å². The Hall–Kier alpha value is -2.45. The molecule has 0 spiro atoms. The largest absolute Gasteiger partial charge is 0.378 e.